The van der Waals surface area contributed by atoms with Crippen LogP contribution in [0.3, 0.4) is 0 Å². The van der Waals surface area contributed by atoms with Gasteiger partial charge in [0, 0.05) is 11.1 Å². The maximum Gasteiger partial charge on any atom is 0.329 e. The zero-order valence-corrected chi connectivity index (χ0v) is 16.4. The number of nitrogens with one attached hydrogen (secondary N) is 2. The molecule has 7 heteroatoms. The van der Waals surface area contributed by atoms with Gasteiger partial charge in [-0.1, -0.05) is 49.1 Å². The van der Waals surface area contributed by atoms with Crippen molar-refractivity contribution in [2.24, 2.45) is 5.10 Å². The van der Waals surface area contributed by atoms with Gasteiger partial charge >= 0.3 is 11.8 Å². The van der Waals surface area contributed by atoms with Gasteiger partial charge in [-0.3, -0.25) is 9.59 Å². The van der Waals surface area contributed by atoms with Crippen LogP contribution >= 0.6 is 0 Å². The Kier molecular flexibility index (Phi) is 6.78. The van der Waals surface area contributed by atoms with Crippen molar-refractivity contribution in [3.8, 4) is 11.5 Å². The molecule has 3 aromatic rings. The molecule has 0 aromatic heterocycles. The molecule has 0 spiro atoms. The molecule has 3 aromatic carbocycles. The van der Waals surface area contributed by atoms with E-state index in [9.17, 15) is 9.59 Å². The summed E-state index contributed by atoms with van der Waals surface area (Å²) < 4.78 is 10.8. The lowest BCUT2D eigenvalue weighted by Gasteiger charge is -2.09. The summed E-state index contributed by atoms with van der Waals surface area (Å²) in [5.41, 5.74) is 3.43. The zero-order valence-electron chi connectivity index (χ0n) is 16.4. The van der Waals surface area contributed by atoms with Crippen LogP contribution in [0.1, 0.15) is 5.56 Å². The number of benzene rings is 3. The van der Waals surface area contributed by atoms with Gasteiger partial charge in [0.05, 0.1) is 13.3 Å². The standard InChI is InChI=1S/C23H21N3O4/c1-3-13-30-20-12-11-16(14-21(20)29-2)15-24-26-23(28)22(27)25-19-10-6-8-17-7-4-5-9-18(17)19/h3-12,14-15H,1,13H2,2H3,(H,25,27)(H,26,28)/b24-15-. The number of rotatable bonds is 7. The third-order valence-electron chi connectivity index (χ3n) is 4.17. The highest BCUT2D eigenvalue weighted by atomic mass is 16.5. The first kappa shape index (κ1) is 20.6. The summed E-state index contributed by atoms with van der Waals surface area (Å²) in [6.45, 7) is 3.95. The van der Waals surface area contributed by atoms with Gasteiger partial charge in [-0.05, 0) is 35.2 Å². The highest BCUT2D eigenvalue weighted by Crippen LogP contribution is 2.27. The lowest BCUT2D eigenvalue weighted by atomic mass is 10.1. The number of carbonyl (C=O) groups excluding carboxylic acids is 2. The Bertz CT molecular complexity index is 1100. The first-order valence-electron chi connectivity index (χ1n) is 9.16. The van der Waals surface area contributed by atoms with Crippen molar-refractivity contribution in [2.75, 3.05) is 19.0 Å². The Labute approximate surface area is 174 Å². The van der Waals surface area contributed by atoms with Gasteiger partial charge in [0.2, 0.25) is 0 Å². The molecule has 0 aliphatic heterocycles. The maximum absolute atomic E-state index is 12.2. The molecule has 2 amide bonds. The van der Waals surface area contributed by atoms with Crippen LogP contribution in [0.25, 0.3) is 10.8 Å². The van der Waals surface area contributed by atoms with Crippen molar-refractivity contribution >= 4 is 34.5 Å². The minimum absolute atomic E-state index is 0.353. The molecule has 0 heterocycles. The molecular weight excluding hydrogens is 382 g/mol. The highest BCUT2D eigenvalue weighted by molar-refractivity contribution is 6.40. The lowest BCUT2D eigenvalue weighted by molar-refractivity contribution is -0.136. The Hall–Kier alpha value is -4.13. The number of amides is 2. The van der Waals surface area contributed by atoms with E-state index >= 15 is 0 Å². The van der Waals surface area contributed by atoms with Crippen molar-refractivity contribution in [1.82, 2.24) is 5.43 Å². The summed E-state index contributed by atoms with van der Waals surface area (Å²) in [6.07, 6.45) is 3.04. The van der Waals surface area contributed by atoms with Crippen molar-refractivity contribution in [1.29, 1.82) is 0 Å². The summed E-state index contributed by atoms with van der Waals surface area (Å²) >= 11 is 0. The second-order valence-electron chi connectivity index (χ2n) is 6.19. The molecule has 0 saturated heterocycles. The predicted molar refractivity (Wildman–Crippen MR) is 117 cm³/mol. The average molecular weight is 403 g/mol. The Morgan fingerprint density at radius 1 is 1.03 bits per heavy atom. The molecule has 152 valence electrons. The second-order valence-corrected chi connectivity index (χ2v) is 6.19. The molecule has 0 aliphatic rings. The fourth-order valence-corrected chi connectivity index (χ4v) is 2.76. The summed E-state index contributed by atoms with van der Waals surface area (Å²) in [6, 6.07) is 18.2. The third-order valence-corrected chi connectivity index (χ3v) is 4.17. The van der Waals surface area contributed by atoms with E-state index in [0.717, 1.165) is 10.8 Å². The minimum atomic E-state index is -0.878. The fourth-order valence-electron chi connectivity index (χ4n) is 2.76. The topological polar surface area (TPSA) is 89.0 Å². The van der Waals surface area contributed by atoms with Gasteiger partial charge in [0.1, 0.15) is 6.61 Å². The molecule has 0 radical (unpaired) electrons. The van der Waals surface area contributed by atoms with Crippen molar-refractivity contribution < 1.29 is 19.1 Å². The number of methoxy groups -OCH3 is 1. The number of carbonyl (C=O) groups is 2. The van der Waals surface area contributed by atoms with Gasteiger partial charge in [-0.2, -0.15) is 5.10 Å². The van der Waals surface area contributed by atoms with E-state index in [1.165, 1.54) is 13.3 Å². The number of anilines is 1. The molecule has 0 aliphatic carbocycles. The van der Waals surface area contributed by atoms with Crippen LogP contribution in [0.5, 0.6) is 11.5 Å². The Balaban J connectivity index is 1.62. The number of fused-ring (bicyclic) bond motifs is 1. The van der Waals surface area contributed by atoms with E-state index in [-0.39, 0.29) is 0 Å². The van der Waals surface area contributed by atoms with E-state index in [1.54, 1.807) is 30.3 Å². The highest BCUT2D eigenvalue weighted by Gasteiger charge is 2.14. The van der Waals surface area contributed by atoms with E-state index in [1.807, 2.05) is 36.4 Å². The lowest BCUT2D eigenvalue weighted by Crippen LogP contribution is -2.32. The molecule has 2 N–H and O–H groups in total. The minimum Gasteiger partial charge on any atom is -0.493 e. The SMILES string of the molecule is C=CCOc1ccc(/C=N\NC(=O)C(=O)Nc2cccc3ccccc23)cc1OC. The number of hydrogen-bond donors (Lipinski definition) is 2. The fraction of sp³-hybridized carbons (Fsp3) is 0.0870. The van der Waals surface area contributed by atoms with Crippen LogP contribution in [0, 0.1) is 0 Å². The van der Waals surface area contributed by atoms with Gasteiger partial charge in [-0.25, -0.2) is 5.43 Å². The third kappa shape index (κ3) is 5.02. The van der Waals surface area contributed by atoms with Crippen LogP contribution < -0.4 is 20.2 Å². The number of hydrogen-bond acceptors (Lipinski definition) is 5. The number of hydrazone groups is 1. The van der Waals surface area contributed by atoms with Crippen LogP contribution in [0.4, 0.5) is 5.69 Å². The van der Waals surface area contributed by atoms with Crippen LogP contribution in [0.15, 0.2) is 78.4 Å². The Morgan fingerprint density at radius 3 is 2.63 bits per heavy atom. The molecule has 3 rings (SSSR count). The van der Waals surface area contributed by atoms with Gasteiger partial charge in [-0.15, -0.1) is 0 Å². The molecule has 0 unspecified atom stereocenters. The van der Waals surface area contributed by atoms with Crippen LogP contribution in [-0.4, -0.2) is 31.7 Å². The zero-order chi connectivity index (χ0) is 21.3. The molecule has 0 saturated carbocycles. The normalized spacial score (nSPS) is 10.6. The Morgan fingerprint density at radius 2 is 1.83 bits per heavy atom. The average Bonchev–Trinajstić information content (AvgIpc) is 2.78. The van der Waals surface area contributed by atoms with Crippen molar-refractivity contribution in [3.63, 3.8) is 0 Å². The van der Waals surface area contributed by atoms with Gasteiger partial charge < -0.3 is 14.8 Å². The quantitative estimate of drug-likeness (QED) is 0.273. The molecule has 0 bridgehead atoms. The van der Waals surface area contributed by atoms with E-state index in [0.29, 0.717) is 29.4 Å². The first-order valence-corrected chi connectivity index (χ1v) is 9.16. The molecule has 7 nitrogen and oxygen atoms in total. The summed E-state index contributed by atoms with van der Waals surface area (Å²) in [7, 11) is 1.52. The summed E-state index contributed by atoms with van der Waals surface area (Å²) in [4.78, 5) is 24.3. The monoisotopic (exact) mass is 403 g/mol. The first-order chi connectivity index (χ1) is 14.6. The summed E-state index contributed by atoms with van der Waals surface area (Å²) in [5.74, 6) is -0.611. The predicted octanol–water partition coefficient (Wildman–Crippen LogP) is 3.50. The van der Waals surface area contributed by atoms with Crippen LogP contribution in [0.2, 0.25) is 0 Å². The molecular formula is C23H21N3O4. The van der Waals surface area contributed by atoms with Crippen LogP contribution in [-0.2, 0) is 9.59 Å². The smallest absolute Gasteiger partial charge is 0.329 e. The summed E-state index contributed by atoms with van der Waals surface area (Å²) in [5, 5.41) is 8.25. The van der Waals surface area contributed by atoms with Gasteiger partial charge in [0.15, 0.2) is 11.5 Å². The molecule has 30 heavy (non-hydrogen) atoms. The number of ether oxygens (including phenoxy) is 2. The van der Waals surface area contributed by atoms with Gasteiger partial charge in [0.25, 0.3) is 0 Å². The van der Waals surface area contributed by atoms with E-state index < -0.39 is 11.8 Å². The molecule has 0 atom stereocenters. The van der Waals surface area contributed by atoms with Crippen molar-refractivity contribution in [3.05, 3.63) is 78.9 Å². The van der Waals surface area contributed by atoms with E-state index in [4.69, 9.17) is 9.47 Å². The molecule has 0 fully saturated rings. The van der Waals surface area contributed by atoms with E-state index in [2.05, 4.69) is 22.4 Å². The largest absolute Gasteiger partial charge is 0.493 e. The maximum atomic E-state index is 12.2. The second kappa shape index (κ2) is 9.88. The van der Waals surface area contributed by atoms with Crippen molar-refractivity contribution in [2.45, 2.75) is 0 Å². The number of nitrogens with zero attached hydrogens (tertiary/aromatic N) is 1.